The summed E-state index contributed by atoms with van der Waals surface area (Å²) in [4.78, 5) is 21.3. The van der Waals surface area contributed by atoms with Crippen LogP contribution in [0, 0.1) is 17.8 Å². The largest absolute Gasteiger partial charge is 0.401 e. The zero-order valence-electron chi connectivity index (χ0n) is 20.1. The van der Waals surface area contributed by atoms with Crippen LogP contribution in [0.5, 0.6) is 0 Å². The van der Waals surface area contributed by atoms with Crippen molar-refractivity contribution in [2.45, 2.75) is 50.7 Å². The maximum Gasteiger partial charge on any atom is 0.401 e. The summed E-state index contributed by atoms with van der Waals surface area (Å²) in [7, 11) is 0. The van der Waals surface area contributed by atoms with Crippen LogP contribution in [-0.2, 0) is 0 Å². The molecule has 8 heteroatoms. The summed E-state index contributed by atoms with van der Waals surface area (Å²) >= 11 is 0. The number of nitrogens with one attached hydrogen (secondary N) is 1. The van der Waals surface area contributed by atoms with E-state index < -0.39 is 12.7 Å². The zero-order valence-corrected chi connectivity index (χ0v) is 20.1. The molecule has 0 bridgehead atoms. The highest BCUT2D eigenvalue weighted by Crippen LogP contribution is 2.34. The monoisotopic (exact) mass is 488 g/mol. The summed E-state index contributed by atoms with van der Waals surface area (Å²) in [6, 6.07) is 9.67. The first kappa shape index (κ1) is 24.5. The van der Waals surface area contributed by atoms with E-state index in [9.17, 15) is 18.0 Å². The number of likely N-dealkylation sites (tertiary alicyclic amines) is 2. The molecular weight excluding hydrogens is 453 g/mol. The minimum Gasteiger partial charge on any atom is -0.349 e. The lowest BCUT2D eigenvalue weighted by atomic mass is 9.83. The summed E-state index contributed by atoms with van der Waals surface area (Å²) in [6.45, 7) is 3.39. The number of hydrogen-bond donors (Lipinski definition) is 1. The summed E-state index contributed by atoms with van der Waals surface area (Å²) in [5.41, 5.74) is 1.51. The third-order valence-electron chi connectivity index (χ3n) is 8.29. The van der Waals surface area contributed by atoms with E-state index in [1.54, 1.807) is 11.1 Å². The van der Waals surface area contributed by atoms with Crippen molar-refractivity contribution in [3.8, 4) is 0 Å². The number of aromatic nitrogens is 1. The van der Waals surface area contributed by atoms with E-state index in [4.69, 9.17) is 0 Å². The van der Waals surface area contributed by atoms with Gasteiger partial charge in [0, 0.05) is 42.8 Å². The number of piperidine rings is 1. The lowest BCUT2D eigenvalue weighted by molar-refractivity contribution is -0.144. The van der Waals surface area contributed by atoms with Crippen molar-refractivity contribution in [3.05, 3.63) is 42.1 Å². The Morgan fingerprint density at radius 2 is 1.74 bits per heavy atom. The molecule has 0 radical (unpaired) electrons. The van der Waals surface area contributed by atoms with E-state index in [2.05, 4.69) is 15.2 Å². The van der Waals surface area contributed by atoms with Crippen LogP contribution in [0.1, 0.15) is 48.9 Å². The van der Waals surface area contributed by atoms with E-state index in [0.29, 0.717) is 36.4 Å². The van der Waals surface area contributed by atoms with Crippen molar-refractivity contribution in [2.24, 2.45) is 17.8 Å². The molecule has 1 saturated carbocycles. The Morgan fingerprint density at radius 1 is 0.971 bits per heavy atom. The molecule has 2 aromatic rings. The van der Waals surface area contributed by atoms with Crippen molar-refractivity contribution >= 4 is 16.8 Å². The number of hydrogen-bond acceptors (Lipinski definition) is 4. The summed E-state index contributed by atoms with van der Waals surface area (Å²) < 4.78 is 38.3. The first-order valence-corrected chi connectivity index (χ1v) is 13.0. The normalized spacial score (nSPS) is 28.2. The fourth-order valence-corrected chi connectivity index (χ4v) is 6.45. The molecule has 3 aliphatic rings. The topological polar surface area (TPSA) is 48.5 Å². The van der Waals surface area contributed by atoms with E-state index in [0.717, 1.165) is 69.1 Å². The van der Waals surface area contributed by atoms with Crippen LogP contribution >= 0.6 is 0 Å². The van der Waals surface area contributed by atoms with Gasteiger partial charge in [-0.2, -0.15) is 13.2 Å². The number of alkyl halides is 3. The van der Waals surface area contributed by atoms with E-state index >= 15 is 0 Å². The number of carbonyl (C=O) groups is 1. The van der Waals surface area contributed by atoms with Crippen molar-refractivity contribution < 1.29 is 18.0 Å². The lowest BCUT2D eigenvalue weighted by Gasteiger charge is -2.36. The Kier molecular flexibility index (Phi) is 7.30. The SMILES string of the molecule is O=C(NC1CCC(CCN2CCC3CN(CC(F)(F)F)C[C@@H]3C2)CC1)c1cccc2ncccc12. The molecule has 1 N–H and O–H groups in total. The van der Waals surface area contributed by atoms with E-state index in [-0.39, 0.29) is 11.9 Å². The Bertz CT molecular complexity index is 1020. The standard InChI is InChI=1S/C27H35F3N4O/c28-27(29,30)18-34-15-20-11-14-33(16-21(20)17-34)13-10-19-6-8-22(9-7-19)32-26(35)24-3-1-5-25-23(24)4-2-12-31-25/h1-5,12,19-22H,6-11,13-18H2,(H,32,35)/t19?,20?,21-,22?/m0/s1. The fourth-order valence-electron chi connectivity index (χ4n) is 6.45. The van der Waals surface area contributed by atoms with Crippen LogP contribution in [0.3, 0.4) is 0 Å². The van der Waals surface area contributed by atoms with Crippen LogP contribution in [0.15, 0.2) is 36.5 Å². The number of carbonyl (C=O) groups excluding carboxylic acids is 1. The average molecular weight is 489 g/mol. The van der Waals surface area contributed by atoms with Gasteiger partial charge in [0.1, 0.15) is 0 Å². The number of nitrogens with zero attached hydrogens (tertiary/aromatic N) is 3. The highest BCUT2D eigenvalue weighted by atomic mass is 19.4. The second-order valence-electron chi connectivity index (χ2n) is 10.8. The van der Waals surface area contributed by atoms with E-state index in [1.165, 1.54) is 0 Å². The third kappa shape index (κ3) is 6.15. The van der Waals surface area contributed by atoms with Gasteiger partial charge in [0.15, 0.2) is 0 Å². The summed E-state index contributed by atoms with van der Waals surface area (Å²) in [6.07, 6.45) is 4.01. The number of rotatable bonds is 6. The molecule has 2 atom stereocenters. The molecule has 1 aromatic heterocycles. The number of fused-ring (bicyclic) bond motifs is 2. The van der Waals surface area contributed by atoms with Crippen LogP contribution < -0.4 is 5.32 Å². The predicted octanol–water partition coefficient (Wildman–Crippen LogP) is 4.73. The molecule has 0 spiro atoms. The molecule has 1 aliphatic carbocycles. The number of benzene rings is 1. The molecule has 3 fully saturated rings. The fraction of sp³-hybridized carbons (Fsp3) is 0.630. The minimum atomic E-state index is -4.10. The van der Waals surface area contributed by atoms with Crippen LogP contribution in [-0.4, -0.2) is 72.2 Å². The first-order chi connectivity index (χ1) is 16.8. The Labute approximate surface area is 205 Å². The molecule has 1 unspecified atom stereocenters. The van der Waals surface area contributed by atoms with Crippen LogP contribution in [0.4, 0.5) is 13.2 Å². The summed E-state index contributed by atoms with van der Waals surface area (Å²) in [5, 5.41) is 4.12. The van der Waals surface area contributed by atoms with Crippen molar-refractivity contribution in [1.82, 2.24) is 20.1 Å². The molecule has 190 valence electrons. The Hall–Kier alpha value is -2.19. The van der Waals surface area contributed by atoms with Gasteiger partial charge in [-0.1, -0.05) is 12.1 Å². The zero-order chi connectivity index (χ0) is 24.4. The Balaban J connectivity index is 1.04. The van der Waals surface area contributed by atoms with Gasteiger partial charge in [-0.05, 0) is 87.6 Å². The van der Waals surface area contributed by atoms with Gasteiger partial charge in [0.25, 0.3) is 5.91 Å². The van der Waals surface area contributed by atoms with Gasteiger partial charge in [0.05, 0.1) is 12.1 Å². The molecular formula is C27H35F3N4O. The van der Waals surface area contributed by atoms with Crippen molar-refractivity contribution in [1.29, 1.82) is 0 Å². The van der Waals surface area contributed by atoms with Crippen molar-refractivity contribution in [2.75, 3.05) is 39.3 Å². The highest BCUT2D eigenvalue weighted by molar-refractivity contribution is 6.06. The minimum absolute atomic E-state index is 0.0222. The van der Waals surface area contributed by atoms with Gasteiger partial charge >= 0.3 is 6.18 Å². The second-order valence-corrected chi connectivity index (χ2v) is 10.8. The summed E-state index contributed by atoms with van der Waals surface area (Å²) in [5.74, 6) is 1.44. The lowest BCUT2D eigenvalue weighted by Crippen LogP contribution is -2.41. The quantitative estimate of drug-likeness (QED) is 0.639. The maximum absolute atomic E-state index is 12.9. The first-order valence-electron chi connectivity index (χ1n) is 13.0. The van der Waals surface area contributed by atoms with Gasteiger partial charge in [-0.25, -0.2) is 0 Å². The molecule has 1 aromatic carbocycles. The molecule has 2 aliphatic heterocycles. The molecule has 1 amide bonds. The predicted molar refractivity (Wildman–Crippen MR) is 130 cm³/mol. The molecule has 2 saturated heterocycles. The highest BCUT2D eigenvalue weighted by Gasteiger charge is 2.41. The van der Waals surface area contributed by atoms with Gasteiger partial charge in [0.2, 0.25) is 0 Å². The molecule has 35 heavy (non-hydrogen) atoms. The van der Waals surface area contributed by atoms with Crippen LogP contribution in [0.2, 0.25) is 0 Å². The maximum atomic E-state index is 12.9. The van der Waals surface area contributed by atoms with Gasteiger partial charge in [-0.15, -0.1) is 0 Å². The third-order valence-corrected chi connectivity index (χ3v) is 8.29. The number of pyridine rings is 1. The van der Waals surface area contributed by atoms with Gasteiger partial charge in [-0.3, -0.25) is 14.7 Å². The second kappa shape index (κ2) is 10.4. The molecule has 5 rings (SSSR count). The molecule has 5 nitrogen and oxygen atoms in total. The number of amides is 1. The molecule has 3 heterocycles. The Morgan fingerprint density at radius 3 is 2.54 bits per heavy atom. The average Bonchev–Trinajstić information content (AvgIpc) is 3.23. The van der Waals surface area contributed by atoms with Crippen LogP contribution in [0.25, 0.3) is 10.9 Å². The van der Waals surface area contributed by atoms with Gasteiger partial charge < -0.3 is 10.2 Å². The number of halogens is 3. The van der Waals surface area contributed by atoms with E-state index in [1.807, 2.05) is 30.3 Å². The smallest absolute Gasteiger partial charge is 0.349 e. The van der Waals surface area contributed by atoms with Crippen molar-refractivity contribution in [3.63, 3.8) is 0 Å².